The molecule has 0 atom stereocenters. The predicted molar refractivity (Wildman–Crippen MR) is 209 cm³/mol. The molecule has 0 spiro atoms. The number of hydrogen-bond donors (Lipinski definition) is 0. The Labute approximate surface area is 299 Å². The number of halogens is 1. The summed E-state index contributed by atoms with van der Waals surface area (Å²) >= 11 is 0. The summed E-state index contributed by atoms with van der Waals surface area (Å²) in [6, 6.07) is 75.8. The van der Waals surface area contributed by atoms with Crippen LogP contribution >= 0.6 is 28.3 Å². The van der Waals surface area contributed by atoms with Crippen LogP contribution in [0.15, 0.2) is 206 Å². The van der Waals surface area contributed by atoms with E-state index >= 15 is 0 Å². The van der Waals surface area contributed by atoms with Crippen molar-refractivity contribution in [1.29, 1.82) is 0 Å². The second kappa shape index (κ2) is 21.1. The molecule has 4 heteroatoms. The SMILES string of the molecule is Cc1[c-]cccc1.Cl.[Ni].c1ccc(P(c2ccccc2)c2ccccc2)cc1.c1ccc([PH+](c2ccccc2)c2ccccc2)cc1. The summed E-state index contributed by atoms with van der Waals surface area (Å²) in [5.74, 6) is 0. The number of rotatable bonds is 6. The molecule has 0 heterocycles. The van der Waals surface area contributed by atoms with Gasteiger partial charge in [-0.2, -0.15) is 35.9 Å². The van der Waals surface area contributed by atoms with Gasteiger partial charge in [0.15, 0.2) is 0 Å². The molecule has 0 fully saturated rings. The fraction of sp³-hybridized carbons (Fsp3) is 0.0233. The zero-order valence-electron chi connectivity index (χ0n) is 26.3. The molecule has 47 heavy (non-hydrogen) atoms. The van der Waals surface area contributed by atoms with Crippen molar-refractivity contribution in [1.82, 2.24) is 0 Å². The van der Waals surface area contributed by atoms with Crippen LogP contribution in [0.2, 0.25) is 0 Å². The molecule has 7 aromatic rings. The Morgan fingerprint density at radius 1 is 0.383 bits per heavy atom. The fourth-order valence-electron chi connectivity index (χ4n) is 4.98. The summed E-state index contributed by atoms with van der Waals surface area (Å²) in [4.78, 5) is 0. The van der Waals surface area contributed by atoms with Crippen molar-refractivity contribution < 1.29 is 16.5 Å². The summed E-state index contributed by atoms with van der Waals surface area (Å²) in [6.45, 7) is 2.03. The molecule has 0 unspecified atom stereocenters. The Hall–Kier alpha value is -3.82. The Balaban J connectivity index is 0.000000205. The van der Waals surface area contributed by atoms with Crippen molar-refractivity contribution >= 4 is 60.1 Å². The van der Waals surface area contributed by atoms with Gasteiger partial charge in [0.25, 0.3) is 0 Å². The zero-order chi connectivity index (χ0) is 30.9. The van der Waals surface area contributed by atoms with Gasteiger partial charge in [0.2, 0.25) is 0 Å². The van der Waals surface area contributed by atoms with Crippen molar-refractivity contribution in [3.05, 3.63) is 218 Å². The second-order valence-electron chi connectivity index (χ2n) is 10.4. The van der Waals surface area contributed by atoms with E-state index in [-0.39, 0.29) is 28.9 Å². The molecule has 0 aliphatic rings. The first-order chi connectivity index (χ1) is 22.3. The van der Waals surface area contributed by atoms with E-state index in [9.17, 15) is 0 Å². The molecule has 0 aliphatic carbocycles. The summed E-state index contributed by atoms with van der Waals surface area (Å²) in [5.41, 5.74) is 1.20. The van der Waals surface area contributed by atoms with Crippen molar-refractivity contribution in [2.75, 3.05) is 0 Å². The second-order valence-corrected chi connectivity index (χ2v) is 15.1. The van der Waals surface area contributed by atoms with Gasteiger partial charge in [0, 0.05) is 16.5 Å². The predicted octanol–water partition coefficient (Wildman–Crippen LogP) is 8.84. The molecular weight excluding hydrogens is 673 g/mol. The van der Waals surface area contributed by atoms with Crippen LogP contribution in [0.3, 0.4) is 0 Å². The summed E-state index contributed by atoms with van der Waals surface area (Å²) in [5, 5.41) is 8.50. The smallest absolute Gasteiger partial charge is 0.102 e. The zero-order valence-corrected chi connectivity index (χ0v) is 30.0. The van der Waals surface area contributed by atoms with Gasteiger partial charge < -0.3 is 0 Å². The van der Waals surface area contributed by atoms with Crippen molar-refractivity contribution in [2.24, 2.45) is 0 Å². The summed E-state index contributed by atoms with van der Waals surface area (Å²) in [7, 11) is -1.32. The molecule has 0 saturated heterocycles. The van der Waals surface area contributed by atoms with E-state index in [0.717, 1.165) is 0 Å². The first-order valence-electron chi connectivity index (χ1n) is 15.2. The minimum Gasteiger partial charge on any atom is -0.181 e. The third-order valence-corrected chi connectivity index (χ3v) is 12.3. The van der Waals surface area contributed by atoms with Gasteiger partial charge in [-0.05, 0) is 60.2 Å². The third-order valence-electron chi connectivity index (χ3n) is 7.10. The number of hydrogen-bond acceptors (Lipinski definition) is 0. The maximum atomic E-state index is 3.03. The maximum absolute atomic E-state index is 3.03. The summed E-state index contributed by atoms with van der Waals surface area (Å²) in [6.07, 6.45) is 0. The largest absolute Gasteiger partial charge is 0.181 e. The molecular formula is C43H39ClNiP2. The Kier molecular flexibility index (Phi) is 16.9. The molecule has 238 valence electrons. The minimum absolute atomic E-state index is 0. The van der Waals surface area contributed by atoms with Crippen LogP contribution in [-0.4, -0.2) is 0 Å². The molecule has 0 radical (unpaired) electrons. The van der Waals surface area contributed by atoms with E-state index in [1.807, 2.05) is 31.2 Å². The Morgan fingerprint density at radius 3 is 0.894 bits per heavy atom. The van der Waals surface area contributed by atoms with Crippen LogP contribution < -0.4 is 31.8 Å². The number of benzene rings is 7. The van der Waals surface area contributed by atoms with Gasteiger partial charge >= 0.3 is 0 Å². The first kappa shape index (κ1) is 37.6. The topological polar surface area (TPSA) is 0 Å². The molecule has 0 aromatic heterocycles. The van der Waals surface area contributed by atoms with Crippen LogP contribution in [0.1, 0.15) is 5.56 Å². The van der Waals surface area contributed by atoms with E-state index in [4.69, 9.17) is 0 Å². The molecule has 0 amide bonds. The van der Waals surface area contributed by atoms with Crippen molar-refractivity contribution in [3.63, 3.8) is 0 Å². The van der Waals surface area contributed by atoms with E-state index in [2.05, 4.69) is 188 Å². The monoisotopic (exact) mass is 710 g/mol. The molecule has 7 rings (SSSR count). The summed E-state index contributed by atoms with van der Waals surface area (Å²) < 4.78 is 0. The van der Waals surface area contributed by atoms with Gasteiger partial charge in [-0.3, -0.25) is 0 Å². The quantitative estimate of drug-likeness (QED) is 0.0920. The van der Waals surface area contributed by atoms with Gasteiger partial charge in [0.1, 0.15) is 15.9 Å². The Bertz CT molecular complexity index is 1470. The maximum Gasteiger partial charge on any atom is 0.102 e. The molecule has 0 aliphatic heterocycles. The normalized spacial score (nSPS) is 9.85. The van der Waals surface area contributed by atoms with E-state index < -0.39 is 15.8 Å². The van der Waals surface area contributed by atoms with Gasteiger partial charge in [0.05, 0.1) is 7.92 Å². The van der Waals surface area contributed by atoms with Crippen LogP contribution in [0.4, 0.5) is 0 Å². The molecule has 7 aromatic carbocycles. The third kappa shape index (κ3) is 11.7. The number of aryl methyl sites for hydroxylation is 1. The minimum atomic E-state index is -0.877. The fourth-order valence-corrected chi connectivity index (χ4v) is 9.86. The molecule has 0 nitrogen and oxygen atoms in total. The first-order valence-corrected chi connectivity index (χ1v) is 18.1. The van der Waals surface area contributed by atoms with Crippen molar-refractivity contribution in [2.45, 2.75) is 6.92 Å². The molecule has 0 bridgehead atoms. The average molecular weight is 712 g/mol. The standard InChI is InChI=1S/2C18H15P.C7H7.ClH.Ni/c2*1-4-10-16(11-5-1)19(17-12-6-2-7-13-17)18-14-8-3-9-15-18;1-7-5-3-2-4-6-7;;/h2*1-15H;2-5H,1H3;1H;/q;;-1;;/p+1. The average Bonchev–Trinajstić information content (AvgIpc) is 3.12. The Morgan fingerprint density at radius 2 is 0.660 bits per heavy atom. The van der Waals surface area contributed by atoms with Gasteiger partial charge in [-0.15, -0.1) is 12.4 Å². The van der Waals surface area contributed by atoms with E-state index in [1.54, 1.807) is 0 Å². The van der Waals surface area contributed by atoms with Crippen LogP contribution in [0, 0.1) is 13.0 Å². The van der Waals surface area contributed by atoms with Crippen LogP contribution in [0.5, 0.6) is 0 Å². The van der Waals surface area contributed by atoms with Crippen LogP contribution in [-0.2, 0) is 16.5 Å². The van der Waals surface area contributed by atoms with Gasteiger partial charge in [-0.1, -0.05) is 153 Å². The van der Waals surface area contributed by atoms with E-state index in [1.165, 1.54) is 37.4 Å². The van der Waals surface area contributed by atoms with E-state index in [0.29, 0.717) is 0 Å². The molecule has 0 N–H and O–H groups in total. The molecule has 0 saturated carbocycles. The van der Waals surface area contributed by atoms with Crippen molar-refractivity contribution in [3.8, 4) is 0 Å². The van der Waals surface area contributed by atoms with Crippen LogP contribution in [0.25, 0.3) is 0 Å². The van der Waals surface area contributed by atoms with Gasteiger partial charge in [-0.25, -0.2) is 0 Å².